The van der Waals surface area contributed by atoms with Crippen LogP contribution >= 0.6 is 11.8 Å². The van der Waals surface area contributed by atoms with E-state index >= 15 is 0 Å². The fraction of sp³-hybridized carbons (Fsp3) is 0.500. The maximum Gasteiger partial charge on any atom is 0.227 e. The molecule has 2 aliphatic heterocycles. The minimum Gasteiger partial charge on any atom is -0.337 e. The maximum absolute atomic E-state index is 12.2. The van der Waals surface area contributed by atoms with Crippen LogP contribution in [0.1, 0.15) is 17.5 Å². The van der Waals surface area contributed by atoms with Crippen molar-refractivity contribution in [1.29, 1.82) is 0 Å². The second kappa shape index (κ2) is 4.37. The van der Waals surface area contributed by atoms with Gasteiger partial charge in [0.05, 0.1) is 6.42 Å². The summed E-state index contributed by atoms with van der Waals surface area (Å²) < 4.78 is 0. The fourth-order valence-corrected chi connectivity index (χ4v) is 4.12. The first-order valence-electron chi connectivity index (χ1n) is 6.19. The van der Waals surface area contributed by atoms with Crippen LogP contribution in [0.2, 0.25) is 0 Å². The van der Waals surface area contributed by atoms with E-state index in [0.717, 1.165) is 17.9 Å². The predicted octanol–water partition coefficient (Wildman–Crippen LogP) is 2.25. The van der Waals surface area contributed by atoms with E-state index in [1.807, 2.05) is 11.8 Å². The number of hydrogen-bond donors (Lipinski definition) is 0. The van der Waals surface area contributed by atoms with Crippen LogP contribution in [-0.4, -0.2) is 34.4 Å². The molecule has 3 rings (SSSR count). The third kappa shape index (κ3) is 2.21. The summed E-state index contributed by atoms with van der Waals surface area (Å²) >= 11 is 2.03. The molecule has 1 aromatic carbocycles. The van der Waals surface area contributed by atoms with E-state index in [-0.39, 0.29) is 0 Å². The Morgan fingerprint density at radius 1 is 1.41 bits per heavy atom. The first kappa shape index (κ1) is 11.1. The third-order valence-corrected chi connectivity index (χ3v) is 5.09. The highest BCUT2D eigenvalue weighted by Crippen LogP contribution is 2.37. The molecule has 3 heteroatoms. The van der Waals surface area contributed by atoms with Crippen LogP contribution in [0.15, 0.2) is 24.3 Å². The molecular formula is C14H17NOS. The quantitative estimate of drug-likeness (QED) is 0.799. The summed E-state index contributed by atoms with van der Waals surface area (Å²) in [6, 6.07) is 8.80. The van der Waals surface area contributed by atoms with Crippen molar-refractivity contribution in [2.24, 2.45) is 0 Å². The number of likely N-dealkylation sites (tertiary alicyclic amines) is 1. The number of amides is 1. The second-order valence-corrected chi connectivity index (χ2v) is 6.39. The van der Waals surface area contributed by atoms with Crippen LogP contribution in [0.4, 0.5) is 0 Å². The Morgan fingerprint density at radius 3 is 2.76 bits per heavy atom. The van der Waals surface area contributed by atoms with E-state index in [9.17, 15) is 4.79 Å². The average molecular weight is 247 g/mol. The van der Waals surface area contributed by atoms with E-state index in [0.29, 0.717) is 23.6 Å². The van der Waals surface area contributed by atoms with Crippen LogP contribution in [-0.2, 0) is 11.2 Å². The monoisotopic (exact) mass is 247 g/mol. The SMILES string of the molecule is Cc1ccc(CC(=O)N2CC3CC2CS3)cc1. The molecule has 2 saturated heterocycles. The normalized spacial score (nSPS) is 26.5. The van der Waals surface area contributed by atoms with Crippen molar-refractivity contribution < 1.29 is 4.79 Å². The van der Waals surface area contributed by atoms with Gasteiger partial charge in [0, 0.05) is 23.6 Å². The molecule has 0 aromatic heterocycles. The zero-order valence-electron chi connectivity index (χ0n) is 10.1. The van der Waals surface area contributed by atoms with E-state index < -0.39 is 0 Å². The lowest BCUT2D eigenvalue weighted by Crippen LogP contribution is -2.40. The lowest BCUT2D eigenvalue weighted by molar-refractivity contribution is -0.130. The van der Waals surface area contributed by atoms with Crippen molar-refractivity contribution in [2.75, 3.05) is 12.3 Å². The van der Waals surface area contributed by atoms with Gasteiger partial charge in [0.2, 0.25) is 5.91 Å². The van der Waals surface area contributed by atoms with Crippen LogP contribution in [0.3, 0.4) is 0 Å². The number of aryl methyl sites for hydroxylation is 1. The van der Waals surface area contributed by atoms with Gasteiger partial charge < -0.3 is 4.90 Å². The molecule has 2 heterocycles. The predicted molar refractivity (Wildman–Crippen MR) is 71.2 cm³/mol. The Labute approximate surface area is 106 Å². The number of thioether (sulfide) groups is 1. The molecule has 2 fully saturated rings. The Hall–Kier alpha value is -0.960. The smallest absolute Gasteiger partial charge is 0.227 e. The van der Waals surface area contributed by atoms with Crippen molar-refractivity contribution >= 4 is 17.7 Å². The summed E-state index contributed by atoms with van der Waals surface area (Å²) in [6.07, 6.45) is 1.78. The molecule has 2 atom stereocenters. The Balaban J connectivity index is 1.65. The van der Waals surface area contributed by atoms with Crippen molar-refractivity contribution in [1.82, 2.24) is 4.90 Å². The van der Waals surface area contributed by atoms with Gasteiger partial charge in [-0.15, -0.1) is 0 Å². The topological polar surface area (TPSA) is 20.3 Å². The van der Waals surface area contributed by atoms with Crippen LogP contribution < -0.4 is 0 Å². The summed E-state index contributed by atoms with van der Waals surface area (Å²) in [5, 5.41) is 0.710. The molecule has 1 amide bonds. The van der Waals surface area contributed by atoms with E-state index in [4.69, 9.17) is 0 Å². The highest BCUT2D eigenvalue weighted by atomic mass is 32.2. The Morgan fingerprint density at radius 2 is 2.18 bits per heavy atom. The van der Waals surface area contributed by atoms with E-state index in [2.05, 4.69) is 36.1 Å². The van der Waals surface area contributed by atoms with Gasteiger partial charge in [-0.2, -0.15) is 11.8 Å². The number of benzene rings is 1. The van der Waals surface area contributed by atoms with Gasteiger partial charge in [-0.3, -0.25) is 4.79 Å². The molecule has 0 N–H and O–H groups in total. The molecule has 2 aliphatic rings. The summed E-state index contributed by atoms with van der Waals surface area (Å²) in [7, 11) is 0. The van der Waals surface area contributed by atoms with Gasteiger partial charge >= 0.3 is 0 Å². The summed E-state index contributed by atoms with van der Waals surface area (Å²) in [5.41, 5.74) is 2.38. The number of hydrogen-bond acceptors (Lipinski definition) is 2. The van der Waals surface area contributed by atoms with Crippen molar-refractivity contribution in [3.05, 3.63) is 35.4 Å². The molecule has 0 aliphatic carbocycles. The molecule has 2 unspecified atom stereocenters. The molecular weight excluding hydrogens is 230 g/mol. The van der Waals surface area contributed by atoms with Gasteiger partial charge in [0.25, 0.3) is 0 Å². The third-order valence-electron chi connectivity index (χ3n) is 3.70. The number of fused-ring (bicyclic) bond motifs is 2. The van der Waals surface area contributed by atoms with Gasteiger partial charge in [0.1, 0.15) is 0 Å². The first-order chi connectivity index (χ1) is 8.22. The van der Waals surface area contributed by atoms with Gasteiger partial charge in [-0.25, -0.2) is 0 Å². The van der Waals surface area contributed by atoms with E-state index in [1.54, 1.807) is 0 Å². The van der Waals surface area contributed by atoms with Crippen molar-refractivity contribution in [2.45, 2.75) is 31.1 Å². The fourth-order valence-electron chi connectivity index (χ4n) is 2.69. The lowest BCUT2D eigenvalue weighted by Gasteiger charge is -2.26. The largest absolute Gasteiger partial charge is 0.337 e. The summed E-state index contributed by atoms with van der Waals surface area (Å²) in [4.78, 5) is 14.3. The van der Waals surface area contributed by atoms with Gasteiger partial charge in [0.15, 0.2) is 0 Å². The second-order valence-electron chi connectivity index (χ2n) is 5.05. The van der Waals surface area contributed by atoms with Crippen LogP contribution in [0, 0.1) is 6.92 Å². The highest BCUT2D eigenvalue weighted by molar-refractivity contribution is 8.00. The van der Waals surface area contributed by atoms with Crippen LogP contribution in [0.5, 0.6) is 0 Å². The summed E-state index contributed by atoms with van der Waals surface area (Å²) in [5.74, 6) is 1.45. The number of carbonyl (C=O) groups excluding carboxylic acids is 1. The zero-order valence-corrected chi connectivity index (χ0v) is 10.9. The van der Waals surface area contributed by atoms with Crippen molar-refractivity contribution in [3.8, 4) is 0 Å². The molecule has 1 aromatic rings. The van der Waals surface area contributed by atoms with E-state index in [1.165, 1.54) is 12.0 Å². The maximum atomic E-state index is 12.2. The molecule has 0 spiro atoms. The average Bonchev–Trinajstić information content (AvgIpc) is 2.94. The zero-order chi connectivity index (χ0) is 11.8. The molecule has 2 nitrogen and oxygen atoms in total. The number of rotatable bonds is 2. The van der Waals surface area contributed by atoms with Gasteiger partial charge in [-0.05, 0) is 18.9 Å². The molecule has 17 heavy (non-hydrogen) atoms. The molecule has 0 radical (unpaired) electrons. The molecule has 90 valence electrons. The standard InChI is InChI=1S/C14H17NOS/c1-10-2-4-11(5-3-10)6-14(16)15-8-13-7-12(15)9-17-13/h2-5,12-13H,6-9H2,1H3. The van der Waals surface area contributed by atoms with Crippen LogP contribution in [0.25, 0.3) is 0 Å². The minimum atomic E-state index is 0.307. The van der Waals surface area contributed by atoms with Gasteiger partial charge in [-0.1, -0.05) is 29.8 Å². The lowest BCUT2D eigenvalue weighted by atomic mass is 10.1. The first-order valence-corrected chi connectivity index (χ1v) is 7.24. The Kier molecular flexibility index (Phi) is 2.87. The van der Waals surface area contributed by atoms with Crippen molar-refractivity contribution in [3.63, 3.8) is 0 Å². The molecule has 0 saturated carbocycles. The number of carbonyl (C=O) groups is 1. The Bertz CT molecular complexity index is 428. The highest BCUT2D eigenvalue weighted by Gasteiger charge is 2.40. The summed E-state index contributed by atoms with van der Waals surface area (Å²) in [6.45, 7) is 3.04. The molecule has 2 bridgehead atoms. The number of nitrogens with zero attached hydrogens (tertiary/aromatic N) is 1. The minimum absolute atomic E-state index is 0.307.